The summed E-state index contributed by atoms with van der Waals surface area (Å²) in [6.07, 6.45) is 0. The first-order valence-electron chi connectivity index (χ1n) is 5.60. The highest BCUT2D eigenvalue weighted by Crippen LogP contribution is 2.21. The predicted molar refractivity (Wildman–Crippen MR) is 77.6 cm³/mol. The number of nitrogens with two attached hydrogens (primary N) is 1. The molecule has 5 heteroatoms. The lowest BCUT2D eigenvalue weighted by molar-refractivity contribution is 0.102. The van der Waals surface area contributed by atoms with Gasteiger partial charge in [-0.05, 0) is 58.7 Å². The Labute approximate surface area is 118 Å². The summed E-state index contributed by atoms with van der Waals surface area (Å²) in [5.41, 5.74) is 8.04. The van der Waals surface area contributed by atoms with Gasteiger partial charge in [0.05, 0.1) is 15.8 Å². The van der Waals surface area contributed by atoms with E-state index in [4.69, 9.17) is 5.73 Å². The second-order valence-electron chi connectivity index (χ2n) is 4.17. The largest absolute Gasteiger partial charge is 0.397 e. The highest BCUT2D eigenvalue weighted by Gasteiger charge is 2.10. The molecule has 3 nitrogen and oxygen atoms in total. The van der Waals surface area contributed by atoms with Gasteiger partial charge in [-0.3, -0.25) is 4.79 Å². The van der Waals surface area contributed by atoms with Gasteiger partial charge in [-0.25, -0.2) is 4.39 Å². The van der Waals surface area contributed by atoms with Gasteiger partial charge in [-0.1, -0.05) is 6.07 Å². The smallest absolute Gasteiger partial charge is 0.255 e. The van der Waals surface area contributed by atoms with Crippen molar-refractivity contribution in [2.24, 2.45) is 0 Å². The summed E-state index contributed by atoms with van der Waals surface area (Å²) in [5.74, 6) is -0.883. The van der Waals surface area contributed by atoms with Crippen LogP contribution >= 0.6 is 15.9 Å². The van der Waals surface area contributed by atoms with Crippen molar-refractivity contribution in [1.29, 1.82) is 0 Å². The number of anilines is 2. The first kappa shape index (κ1) is 13.5. The summed E-state index contributed by atoms with van der Waals surface area (Å²) in [5, 5.41) is 2.65. The second kappa shape index (κ2) is 5.40. The van der Waals surface area contributed by atoms with Crippen LogP contribution in [-0.4, -0.2) is 5.91 Å². The van der Waals surface area contributed by atoms with Crippen LogP contribution in [0.15, 0.2) is 40.9 Å². The zero-order valence-electron chi connectivity index (χ0n) is 10.2. The van der Waals surface area contributed by atoms with Crippen LogP contribution in [0.3, 0.4) is 0 Å². The Morgan fingerprint density at radius 1 is 1.26 bits per heavy atom. The number of aryl methyl sites for hydroxylation is 1. The van der Waals surface area contributed by atoms with Crippen molar-refractivity contribution in [2.75, 3.05) is 11.1 Å². The molecule has 1 amide bonds. The molecule has 0 aliphatic carbocycles. The minimum absolute atomic E-state index is 0.237. The lowest BCUT2D eigenvalue weighted by Crippen LogP contribution is -2.13. The number of hydrogen-bond donors (Lipinski definition) is 2. The van der Waals surface area contributed by atoms with Gasteiger partial charge in [0, 0.05) is 5.56 Å². The Hall–Kier alpha value is -1.88. The lowest BCUT2D eigenvalue weighted by atomic mass is 10.1. The van der Waals surface area contributed by atoms with Gasteiger partial charge in [0.25, 0.3) is 5.91 Å². The molecule has 0 atom stereocenters. The van der Waals surface area contributed by atoms with Gasteiger partial charge >= 0.3 is 0 Å². The Kier molecular flexibility index (Phi) is 3.85. The molecule has 0 saturated carbocycles. The third kappa shape index (κ3) is 3.12. The second-order valence-corrected chi connectivity index (χ2v) is 5.03. The number of nitrogen functional groups attached to an aromatic ring is 1. The van der Waals surface area contributed by atoms with E-state index in [1.54, 1.807) is 12.1 Å². The van der Waals surface area contributed by atoms with Crippen LogP contribution < -0.4 is 11.1 Å². The number of halogens is 2. The molecular weight excluding hydrogens is 311 g/mol. The molecule has 0 fully saturated rings. The van der Waals surface area contributed by atoms with Crippen molar-refractivity contribution in [3.05, 3.63) is 57.8 Å². The molecule has 98 valence electrons. The molecule has 0 bridgehead atoms. The summed E-state index contributed by atoms with van der Waals surface area (Å²) in [6, 6.07) is 9.52. The quantitative estimate of drug-likeness (QED) is 0.828. The molecule has 0 heterocycles. The van der Waals surface area contributed by atoms with Crippen LogP contribution in [0, 0.1) is 12.7 Å². The number of carbonyl (C=O) groups is 1. The minimum atomic E-state index is -0.482. The Balaban J connectivity index is 2.23. The van der Waals surface area contributed by atoms with Crippen LogP contribution in [0.25, 0.3) is 0 Å². The van der Waals surface area contributed by atoms with Crippen molar-refractivity contribution in [1.82, 2.24) is 0 Å². The topological polar surface area (TPSA) is 55.1 Å². The standard InChI is InChI=1S/C14H12BrFN2O/c1-8-2-5-13(12(17)6-8)18-14(19)9-3-4-10(15)11(16)7-9/h2-7H,17H2,1H3,(H,18,19). The van der Waals surface area contributed by atoms with E-state index in [1.807, 2.05) is 13.0 Å². The Bertz CT molecular complexity index is 643. The molecule has 0 unspecified atom stereocenters. The zero-order valence-corrected chi connectivity index (χ0v) is 11.8. The molecule has 0 saturated heterocycles. The van der Waals surface area contributed by atoms with Crippen molar-refractivity contribution in [2.45, 2.75) is 6.92 Å². The van der Waals surface area contributed by atoms with Gasteiger partial charge in [-0.2, -0.15) is 0 Å². The fourth-order valence-corrected chi connectivity index (χ4v) is 1.87. The Morgan fingerprint density at radius 3 is 2.63 bits per heavy atom. The molecule has 2 aromatic rings. The van der Waals surface area contributed by atoms with Crippen LogP contribution in [0.2, 0.25) is 0 Å². The van der Waals surface area contributed by atoms with Crippen LogP contribution in [0.1, 0.15) is 15.9 Å². The maximum absolute atomic E-state index is 13.4. The van der Waals surface area contributed by atoms with E-state index in [-0.39, 0.29) is 5.56 Å². The van der Waals surface area contributed by atoms with Gasteiger partial charge in [-0.15, -0.1) is 0 Å². The van der Waals surface area contributed by atoms with E-state index >= 15 is 0 Å². The number of hydrogen-bond acceptors (Lipinski definition) is 2. The average Bonchev–Trinajstić information content (AvgIpc) is 2.36. The van der Waals surface area contributed by atoms with Crippen molar-refractivity contribution in [3.63, 3.8) is 0 Å². The Morgan fingerprint density at radius 2 is 2.00 bits per heavy atom. The van der Waals surface area contributed by atoms with Crippen molar-refractivity contribution < 1.29 is 9.18 Å². The van der Waals surface area contributed by atoms with E-state index in [2.05, 4.69) is 21.2 Å². The first-order chi connectivity index (χ1) is 8.97. The third-order valence-corrected chi connectivity index (χ3v) is 3.28. The molecule has 0 aliphatic heterocycles. The number of amides is 1. The fraction of sp³-hybridized carbons (Fsp3) is 0.0714. The molecule has 2 rings (SSSR count). The third-order valence-electron chi connectivity index (χ3n) is 2.64. The van der Waals surface area contributed by atoms with Gasteiger partial charge in [0.2, 0.25) is 0 Å². The van der Waals surface area contributed by atoms with Crippen LogP contribution in [0.4, 0.5) is 15.8 Å². The average molecular weight is 323 g/mol. The summed E-state index contributed by atoms with van der Waals surface area (Å²) in [4.78, 5) is 12.0. The summed E-state index contributed by atoms with van der Waals surface area (Å²) in [6.45, 7) is 1.91. The van der Waals surface area contributed by atoms with Crippen LogP contribution in [0.5, 0.6) is 0 Å². The summed E-state index contributed by atoms with van der Waals surface area (Å²) >= 11 is 3.04. The van der Waals surface area contributed by atoms with Crippen molar-refractivity contribution >= 4 is 33.2 Å². The van der Waals surface area contributed by atoms with Gasteiger partial charge in [0.1, 0.15) is 5.82 Å². The number of rotatable bonds is 2. The monoisotopic (exact) mass is 322 g/mol. The summed E-state index contributed by atoms with van der Waals surface area (Å²) in [7, 11) is 0. The summed E-state index contributed by atoms with van der Waals surface area (Å²) < 4.78 is 13.7. The molecule has 0 aliphatic rings. The zero-order chi connectivity index (χ0) is 14.0. The van der Waals surface area contributed by atoms with E-state index in [0.29, 0.717) is 15.8 Å². The maximum Gasteiger partial charge on any atom is 0.255 e. The number of nitrogens with one attached hydrogen (secondary N) is 1. The maximum atomic E-state index is 13.4. The lowest BCUT2D eigenvalue weighted by Gasteiger charge is -2.09. The van der Waals surface area contributed by atoms with E-state index < -0.39 is 11.7 Å². The highest BCUT2D eigenvalue weighted by atomic mass is 79.9. The van der Waals surface area contributed by atoms with E-state index in [0.717, 1.165) is 5.56 Å². The number of benzene rings is 2. The fourth-order valence-electron chi connectivity index (χ4n) is 1.63. The molecule has 19 heavy (non-hydrogen) atoms. The van der Waals surface area contributed by atoms with Gasteiger partial charge < -0.3 is 11.1 Å². The molecule has 0 radical (unpaired) electrons. The van der Waals surface area contributed by atoms with Gasteiger partial charge in [0.15, 0.2) is 0 Å². The first-order valence-corrected chi connectivity index (χ1v) is 6.39. The molecule has 0 spiro atoms. The highest BCUT2D eigenvalue weighted by molar-refractivity contribution is 9.10. The SMILES string of the molecule is Cc1ccc(NC(=O)c2ccc(Br)c(F)c2)c(N)c1. The molecule has 2 aromatic carbocycles. The van der Waals surface area contributed by atoms with Crippen LogP contribution in [-0.2, 0) is 0 Å². The van der Waals surface area contributed by atoms with E-state index in [9.17, 15) is 9.18 Å². The molecule has 0 aromatic heterocycles. The molecule has 3 N–H and O–H groups in total. The minimum Gasteiger partial charge on any atom is -0.397 e. The number of carbonyl (C=O) groups excluding carboxylic acids is 1. The normalized spacial score (nSPS) is 10.3. The van der Waals surface area contributed by atoms with Crippen molar-refractivity contribution in [3.8, 4) is 0 Å². The predicted octanol–water partition coefficient (Wildman–Crippen LogP) is 3.73. The van der Waals surface area contributed by atoms with E-state index in [1.165, 1.54) is 18.2 Å². The molecular formula is C14H12BrFN2O.